The third kappa shape index (κ3) is 6.69. The Morgan fingerprint density at radius 2 is 2.10 bits per heavy atom. The fourth-order valence-corrected chi connectivity index (χ4v) is 3.67. The quantitative estimate of drug-likeness (QED) is 0.459. The minimum Gasteiger partial charge on any atom is -0.384 e. The molecule has 0 saturated heterocycles. The molecule has 164 valence electrons. The summed E-state index contributed by atoms with van der Waals surface area (Å²) in [5, 5.41) is 3.28. The van der Waals surface area contributed by atoms with E-state index in [2.05, 4.69) is 15.3 Å². The van der Waals surface area contributed by atoms with Crippen LogP contribution < -0.4 is 10.2 Å². The molecule has 2 aromatic heterocycles. The largest absolute Gasteiger partial charge is 0.384 e. The van der Waals surface area contributed by atoms with Gasteiger partial charge in [0.05, 0.1) is 32.1 Å². The van der Waals surface area contributed by atoms with E-state index in [1.54, 1.807) is 24.7 Å². The molecule has 0 radical (unpaired) electrons. The summed E-state index contributed by atoms with van der Waals surface area (Å²) in [4.78, 5) is 35.3. The summed E-state index contributed by atoms with van der Waals surface area (Å²) >= 11 is 1.14. The van der Waals surface area contributed by atoms with Crippen molar-refractivity contribution in [1.82, 2.24) is 19.9 Å². The van der Waals surface area contributed by atoms with E-state index in [0.717, 1.165) is 29.9 Å². The summed E-state index contributed by atoms with van der Waals surface area (Å²) in [6.07, 6.45) is 7.71. The lowest BCUT2D eigenvalue weighted by molar-refractivity contribution is -0.119. The van der Waals surface area contributed by atoms with Crippen molar-refractivity contribution in [3.8, 4) is 0 Å². The van der Waals surface area contributed by atoms with Crippen molar-refractivity contribution in [3.05, 3.63) is 65.4 Å². The first-order valence-corrected chi connectivity index (χ1v) is 10.6. The number of nitrogens with zero attached hydrogens (tertiary/aromatic N) is 4. The van der Waals surface area contributed by atoms with Gasteiger partial charge in [0.1, 0.15) is 10.7 Å². The van der Waals surface area contributed by atoms with E-state index >= 15 is 0 Å². The Balaban J connectivity index is 1.63. The molecule has 8 nitrogen and oxygen atoms in total. The zero-order valence-corrected chi connectivity index (χ0v) is 18.0. The average molecular weight is 446 g/mol. The Bertz CT molecular complexity index is 975. The molecule has 0 atom stereocenters. The van der Waals surface area contributed by atoms with Gasteiger partial charge in [0.15, 0.2) is 5.13 Å². The summed E-state index contributed by atoms with van der Waals surface area (Å²) in [5.74, 6) is -0.768. The van der Waals surface area contributed by atoms with Crippen LogP contribution in [-0.4, -0.2) is 46.6 Å². The van der Waals surface area contributed by atoms with Crippen molar-refractivity contribution in [2.45, 2.75) is 25.9 Å². The Labute approximate surface area is 183 Å². The van der Waals surface area contributed by atoms with Crippen molar-refractivity contribution in [2.24, 2.45) is 0 Å². The summed E-state index contributed by atoms with van der Waals surface area (Å²) in [5.41, 5.74) is 0.757. The molecule has 0 unspecified atom stereocenters. The van der Waals surface area contributed by atoms with Gasteiger partial charge < -0.3 is 14.6 Å². The lowest BCUT2D eigenvalue weighted by atomic mass is 10.2. The molecule has 3 aromatic rings. The lowest BCUT2D eigenvalue weighted by Gasteiger charge is -2.20. The number of thiazole rings is 1. The molecular formula is C21H24FN5O3S. The molecular weight excluding hydrogens is 421 g/mol. The van der Waals surface area contributed by atoms with Gasteiger partial charge in [-0.2, -0.15) is 0 Å². The topological polar surface area (TPSA) is 89.4 Å². The Kier molecular flexibility index (Phi) is 8.25. The van der Waals surface area contributed by atoms with E-state index in [1.807, 2.05) is 10.8 Å². The number of amides is 2. The van der Waals surface area contributed by atoms with E-state index in [-0.39, 0.29) is 37.2 Å². The van der Waals surface area contributed by atoms with Crippen LogP contribution in [0.5, 0.6) is 0 Å². The zero-order chi connectivity index (χ0) is 22.1. The summed E-state index contributed by atoms with van der Waals surface area (Å²) in [6.45, 7) is 1.76. The van der Waals surface area contributed by atoms with Crippen LogP contribution in [0.25, 0.3) is 0 Å². The normalized spacial score (nSPS) is 10.8. The minimum atomic E-state index is -0.345. The third-order valence-electron chi connectivity index (χ3n) is 4.46. The van der Waals surface area contributed by atoms with Crippen LogP contribution in [0.3, 0.4) is 0 Å². The second-order valence-electron chi connectivity index (χ2n) is 6.77. The Morgan fingerprint density at radius 3 is 2.81 bits per heavy atom. The van der Waals surface area contributed by atoms with Crippen molar-refractivity contribution in [2.75, 3.05) is 25.2 Å². The van der Waals surface area contributed by atoms with Gasteiger partial charge in [0.25, 0.3) is 5.91 Å². The van der Waals surface area contributed by atoms with E-state index in [1.165, 1.54) is 30.3 Å². The van der Waals surface area contributed by atoms with Gasteiger partial charge in [0, 0.05) is 32.6 Å². The number of rotatable bonds is 11. The van der Waals surface area contributed by atoms with Crippen molar-refractivity contribution >= 4 is 28.3 Å². The van der Waals surface area contributed by atoms with Gasteiger partial charge >= 0.3 is 0 Å². The monoisotopic (exact) mass is 445 g/mol. The number of nitrogens with one attached hydrogen (secondary N) is 1. The Morgan fingerprint density at radius 1 is 1.29 bits per heavy atom. The zero-order valence-electron chi connectivity index (χ0n) is 17.2. The number of carbonyl (C=O) groups excluding carboxylic acids is 2. The molecule has 0 fully saturated rings. The number of anilines is 1. The molecule has 0 bridgehead atoms. The second-order valence-corrected chi connectivity index (χ2v) is 7.78. The molecule has 0 aliphatic rings. The Hall–Kier alpha value is -3.11. The highest BCUT2D eigenvalue weighted by atomic mass is 32.1. The van der Waals surface area contributed by atoms with Crippen molar-refractivity contribution in [3.63, 3.8) is 0 Å². The number of carbonyl (C=O) groups is 2. The van der Waals surface area contributed by atoms with Crippen molar-refractivity contribution in [1.29, 1.82) is 0 Å². The maximum Gasteiger partial charge on any atom is 0.263 e. The summed E-state index contributed by atoms with van der Waals surface area (Å²) < 4.78 is 20.2. The number of ether oxygens (including phenoxy) is 1. The predicted molar refractivity (Wildman–Crippen MR) is 115 cm³/mol. The fourth-order valence-electron chi connectivity index (χ4n) is 2.82. The minimum absolute atomic E-state index is 0.174. The maximum atomic E-state index is 13.2. The van der Waals surface area contributed by atoms with E-state index in [4.69, 9.17) is 4.74 Å². The van der Waals surface area contributed by atoms with Crippen LogP contribution in [0.2, 0.25) is 0 Å². The van der Waals surface area contributed by atoms with E-state index < -0.39 is 0 Å². The number of aromatic nitrogens is 3. The SMILES string of the molecule is COCCC(=O)N(Cc1ccc(F)cc1)c1ncc(C(=O)NCCCn2ccnc2)s1. The molecule has 10 heteroatoms. The molecule has 31 heavy (non-hydrogen) atoms. The molecule has 2 amide bonds. The van der Waals surface area contributed by atoms with Crippen LogP contribution in [0.1, 0.15) is 28.1 Å². The highest BCUT2D eigenvalue weighted by molar-refractivity contribution is 7.17. The summed E-state index contributed by atoms with van der Waals surface area (Å²) in [7, 11) is 1.52. The lowest BCUT2D eigenvalue weighted by Crippen LogP contribution is -2.31. The fraction of sp³-hybridized carbons (Fsp3) is 0.333. The molecule has 2 heterocycles. The van der Waals surface area contributed by atoms with Gasteiger partial charge in [-0.15, -0.1) is 0 Å². The number of hydrogen-bond acceptors (Lipinski definition) is 6. The van der Waals surface area contributed by atoms with Gasteiger partial charge in [-0.3, -0.25) is 14.5 Å². The number of benzene rings is 1. The number of imidazole rings is 1. The number of methoxy groups -OCH3 is 1. The van der Waals surface area contributed by atoms with E-state index in [9.17, 15) is 14.0 Å². The van der Waals surface area contributed by atoms with Crippen molar-refractivity contribution < 1.29 is 18.7 Å². The highest BCUT2D eigenvalue weighted by Gasteiger charge is 2.21. The number of hydrogen-bond donors (Lipinski definition) is 1. The van der Waals surface area contributed by atoms with Gasteiger partial charge in [-0.1, -0.05) is 23.5 Å². The molecule has 3 rings (SSSR count). The first kappa shape index (κ1) is 22.6. The molecule has 0 saturated carbocycles. The summed E-state index contributed by atoms with van der Waals surface area (Å²) in [6, 6.07) is 5.93. The molecule has 0 spiro atoms. The second kappa shape index (κ2) is 11.3. The standard InChI is InChI=1S/C21H24FN5O3S/c1-30-12-7-19(28)27(14-16-3-5-17(22)6-4-16)21-25-13-18(31-21)20(29)24-8-2-10-26-11-9-23-15-26/h3-6,9,11,13,15H,2,7-8,10,12,14H2,1H3,(H,24,29). The first-order valence-electron chi connectivity index (χ1n) is 9.80. The molecule has 1 N–H and O–H groups in total. The smallest absolute Gasteiger partial charge is 0.263 e. The number of aryl methyl sites for hydroxylation is 1. The third-order valence-corrected chi connectivity index (χ3v) is 5.48. The van der Waals surface area contributed by atoms with Crippen LogP contribution in [0.4, 0.5) is 9.52 Å². The van der Waals surface area contributed by atoms with Gasteiger partial charge in [-0.25, -0.2) is 14.4 Å². The van der Waals surface area contributed by atoms with E-state index in [0.29, 0.717) is 16.6 Å². The van der Waals surface area contributed by atoms with Crippen LogP contribution in [-0.2, 0) is 22.6 Å². The maximum absolute atomic E-state index is 13.2. The molecule has 0 aliphatic carbocycles. The van der Waals surface area contributed by atoms with Crippen LogP contribution in [0.15, 0.2) is 49.2 Å². The predicted octanol–water partition coefficient (Wildman–Crippen LogP) is 2.87. The first-order chi connectivity index (χ1) is 15.1. The molecule has 1 aromatic carbocycles. The number of halogens is 1. The molecule has 0 aliphatic heterocycles. The average Bonchev–Trinajstić information content (AvgIpc) is 3.47. The highest BCUT2D eigenvalue weighted by Crippen LogP contribution is 2.25. The van der Waals surface area contributed by atoms with Gasteiger partial charge in [0.2, 0.25) is 5.91 Å². The van der Waals surface area contributed by atoms with Crippen LogP contribution >= 0.6 is 11.3 Å². The van der Waals surface area contributed by atoms with Crippen LogP contribution in [0, 0.1) is 5.82 Å². The van der Waals surface area contributed by atoms with Gasteiger partial charge in [-0.05, 0) is 24.1 Å².